The van der Waals surface area contributed by atoms with Crippen LogP contribution in [0.2, 0.25) is 0 Å². The van der Waals surface area contributed by atoms with Crippen LogP contribution in [-0.2, 0) is 9.53 Å². The van der Waals surface area contributed by atoms with Gasteiger partial charge in [0.25, 0.3) is 0 Å². The Morgan fingerprint density at radius 2 is 2.18 bits per heavy atom. The van der Waals surface area contributed by atoms with Gasteiger partial charge in [-0.25, -0.2) is 0 Å². The monoisotopic (exact) mass is 239 g/mol. The van der Waals surface area contributed by atoms with E-state index in [0.717, 1.165) is 12.8 Å². The van der Waals surface area contributed by atoms with Gasteiger partial charge in [-0.3, -0.25) is 4.79 Å². The van der Waals surface area contributed by atoms with Crippen molar-refractivity contribution in [1.82, 2.24) is 5.32 Å². The van der Waals surface area contributed by atoms with Crippen molar-refractivity contribution in [3.8, 4) is 0 Å². The van der Waals surface area contributed by atoms with Crippen molar-refractivity contribution in [2.24, 2.45) is 11.8 Å². The third kappa shape index (κ3) is 2.82. The number of amides is 1. The highest BCUT2D eigenvalue weighted by Crippen LogP contribution is 2.38. The molecule has 1 N–H and O–H groups in total. The van der Waals surface area contributed by atoms with Crippen LogP contribution in [0.15, 0.2) is 0 Å². The van der Waals surface area contributed by atoms with Crippen molar-refractivity contribution in [2.75, 3.05) is 0 Å². The first kappa shape index (κ1) is 12.9. The molecule has 0 spiro atoms. The second-order valence-corrected chi connectivity index (χ2v) is 5.81. The number of hydrogen-bond acceptors (Lipinski definition) is 2. The fourth-order valence-corrected chi connectivity index (χ4v) is 3.12. The maximum Gasteiger partial charge on any atom is 0.222 e. The summed E-state index contributed by atoms with van der Waals surface area (Å²) in [5.41, 5.74) is 0. The SMILES string of the molecule is CC[C@H]1C[C@@H](NC(=O)C(C)C)[C@@H]2CCC[C@H]2O1. The summed E-state index contributed by atoms with van der Waals surface area (Å²) < 4.78 is 6.08. The summed E-state index contributed by atoms with van der Waals surface area (Å²) >= 11 is 0. The highest BCUT2D eigenvalue weighted by Gasteiger charge is 2.41. The molecule has 1 aliphatic heterocycles. The van der Waals surface area contributed by atoms with Crippen LogP contribution in [0, 0.1) is 11.8 Å². The third-order valence-corrected chi connectivity index (χ3v) is 4.21. The quantitative estimate of drug-likeness (QED) is 0.821. The first-order valence-electron chi connectivity index (χ1n) is 7.07. The average Bonchev–Trinajstić information content (AvgIpc) is 2.76. The number of rotatable bonds is 3. The molecule has 98 valence electrons. The summed E-state index contributed by atoms with van der Waals surface area (Å²) in [5, 5.41) is 3.24. The van der Waals surface area contributed by atoms with E-state index >= 15 is 0 Å². The lowest BCUT2D eigenvalue weighted by Gasteiger charge is -2.39. The van der Waals surface area contributed by atoms with Crippen molar-refractivity contribution in [3.63, 3.8) is 0 Å². The second-order valence-electron chi connectivity index (χ2n) is 5.81. The molecule has 2 fully saturated rings. The molecule has 17 heavy (non-hydrogen) atoms. The van der Waals surface area contributed by atoms with E-state index in [4.69, 9.17) is 4.74 Å². The molecule has 1 heterocycles. The number of hydrogen-bond donors (Lipinski definition) is 1. The Labute approximate surface area is 104 Å². The van der Waals surface area contributed by atoms with Crippen LogP contribution in [0.3, 0.4) is 0 Å². The largest absolute Gasteiger partial charge is 0.375 e. The molecule has 0 unspecified atom stereocenters. The van der Waals surface area contributed by atoms with Gasteiger partial charge in [0.05, 0.1) is 12.2 Å². The minimum absolute atomic E-state index is 0.0813. The van der Waals surface area contributed by atoms with Crippen LogP contribution in [-0.4, -0.2) is 24.2 Å². The Morgan fingerprint density at radius 3 is 2.82 bits per heavy atom. The highest BCUT2D eigenvalue weighted by molar-refractivity contribution is 5.78. The van der Waals surface area contributed by atoms with E-state index in [1.54, 1.807) is 0 Å². The Hall–Kier alpha value is -0.570. The Bertz CT molecular complexity index is 277. The predicted octanol–water partition coefficient (Wildman–Crippen LogP) is 2.49. The summed E-state index contributed by atoms with van der Waals surface area (Å²) in [6.45, 7) is 6.08. The van der Waals surface area contributed by atoms with Gasteiger partial charge in [0.2, 0.25) is 5.91 Å². The summed E-state index contributed by atoms with van der Waals surface area (Å²) in [5.74, 6) is 0.829. The van der Waals surface area contributed by atoms with E-state index < -0.39 is 0 Å². The second kappa shape index (κ2) is 5.38. The molecule has 4 atom stereocenters. The summed E-state index contributed by atoms with van der Waals surface area (Å²) in [6.07, 6.45) is 6.42. The molecule has 3 heteroatoms. The predicted molar refractivity (Wildman–Crippen MR) is 67.7 cm³/mol. The molecule has 2 rings (SSSR count). The lowest BCUT2D eigenvalue weighted by Crippen LogP contribution is -2.51. The van der Waals surface area contributed by atoms with E-state index in [0.29, 0.717) is 24.2 Å². The van der Waals surface area contributed by atoms with Gasteiger partial charge in [-0.2, -0.15) is 0 Å². The molecule has 3 nitrogen and oxygen atoms in total. The molecule has 1 saturated carbocycles. The van der Waals surface area contributed by atoms with E-state index in [2.05, 4.69) is 12.2 Å². The average molecular weight is 239 g/mol. The molecule has 0 aromatic heterocycles. The standard InChI is InChI=1S/C14H25NO2/c1-4-10-8-12(15-14(16)9(2)3)11-6-5-7-13(11)17-10/h9-13H,4-8H2,1-3H3,(H,15,16)/t10-,11-,12+,13+/m0/s1. The van der Waals surface area contributed by atoms with E-state index in [1.165, 1.54) is 19.3 Å². The molecule has 0 aromatic rings. The van der Waals surface area contributed by atoms with E-state index in [-0.39, 0.29) is 11.8 Å². The van der Waals surface area contributed by atoms with E-state index in [9.17, 15) is 4.79 Å². The maximum absolute atomic E-state index is 11.8. The number of nitrogens with one attached hydrogen (secondary N) is 1. The third-order valence-electron chi connectivity index (χ3n) is 4.21. The number of ether oxygens (including phenoxy) is 1. The lowest BCUT2D eigenvalue weighted by atomic mass is 9.87. The lowest BCUT2D eigenvalue weighted by molar-refractivity contribution is -0.129. The van der Waals surface area contributed by atoms with Crippen LogP contribution in [0.25, 0.3) is 0 Å². The highest BCUT2D eigenvalue weighted by atomic mass is 16.5. The minimum Gasteiger partial charge on any atom is -0.375 e. The van der Waals surface area contributed by atoms with Crippen molar-refractivity contribution in [3.05, 3.63) is 0 Å². The van der Waals surface area contributed by atoms with Gasteiger partial charge < -0.3 is 10.1 Å². The number of fused-ring (bicyclic) bond motifs is 1. The smallest absolute Gasteiger partial charge is 0.222 e. The van der Waals surface area contributed by atoms with Crippen LogP contribution in [0.4, 0.5) is 0 Å². The van der Waals surface area contributed by atoms with Crippen molar-refractivity contribution in [1.29, 1.82) is 0 Å². The summed E-state index contributed by atoms with van der Waals surface area (Å²) in [4.78, 5) is 11.8. The molecule has 2 aliphatic rings. The molecular weight excluding hydrogens is 214 g/mol. The maximum atomic E-state index is 11.8. The molecule has 0 radical (unpaired) electrons. The number of carbonyl (C=O) groups excluding carboxylic acids is 1. The van der Waals surface area contributed by atoms with Gasteiger partial charge in [-0.1, -0.05) is 27.2 Å². The first-order valence-corrected chi connectivity index (χ1v) is 7.07. The van der Waals surface area contributed by atoms with Crippen LogP contribution in [0.5, 0.6) is 0 Å². The van der Waals surface area contributed by atoms with Gasteiger partial charge in [0.1, 0.15) is 0 Å². The summed E-state index contributed by atoms with van der Waals surface area (Å²) in [7, 11) is 0. The zero-order valence-electron chi connectivity index (χ0n) is 11.2. The van der Waals surface area contributed by atoms with Crippen LogP contribution < -0.4 is 5.32 Å². The van der Waals surface area contributed by atoms with Crippen molar-refractivity contribution in [2.45, 2.75) is 71.1 Å². The molecule has 1 amide bonds. The molecule has 1 aliphatic carbocycles. The van der Waals surface area contributed by atoms with Gasteiger partial charge in [0, 0.05) is 17.9 Å². The normalized spacial score (nSPS) is 36.9. The molecule has 0 aromatic carbocycles. The van der Waals surface area contributed by atoms with Crippen LogP contribution in [0.1, 0.15) is 52.9 Å². The van der Waals surface area contributed by atoms with Gasteiger partial charge in [-0.05, 0) is 25.7 Å². The summed E-state index contributed by atoms with van der Waals surface area (Å²) in [6, 6.07) is 0.344. The van der Waals surface area contributed by atoms with Crippen molar-refractivity contribution < 1.29 is 9.53 Å². The van der Waals surface area contributed by atoms with E-state index in [1.807, 2.05) is 13.8 Å². The van der Waals surface area contributed by atoms with Crippen LogP contribution >= 0.6 is 0 Å². The Morgan fingerprint density at radius 1 is 1.41 bits per heavy atom. The molecule has 0 bridgehead atoms. The molecule has 1 saturated heterocycles. The van der Waals surface area contributed by atoms with Crippen molar-refractivity contribution >= 4 is 5.91 Å². The van der Waals surface area contributed by atoms with Gasteiger partial charge >= 0.3 is 0 Å². The zero-order valence-corrected chi connectivity index (χ0v) is 11.2. The fraction of sp³-hybridized carbons (Fsp3) is 0.929. The fourth-order valence-electron chi connectivity index (χ4n) is 3.12. The first-order chi connectivity index (χ1) is 8.11. The zero-order chi connectivity index (χ0) is 12.4. The van der Waals surface area contributed by atoms with Gasteiger partial charge in [0.15, 0.2) is 0 Å². The number of carbonyl (C=O) groups is 1. The van der Waals surface area contributed by atoms with Gasteiger partial charge in [-0.15, -0.1) is 0 Å². The Balaban J connectivity index is 2.00. The minimum atomic E-state index is 0.0813. The Kier molecular flexibility index (Phi) is 4.08. The molecular formula is C14H25NO2. The topological polar surface area (TPSA) is 38.3 Å².